The molecule has 3 aromatic carbocycles. The smallest absolute Gasteiger partial charge is 0.320 e. The van der Waals surface area contributed by atoms with Crippen molar-refractivity contribution in [3.63, 3.8) is 0 Å². The van der Waals surface area contributed by atoms with Crippen LogP contribution >= 0.6 is 0 Å². The molecule has 0 fully saturated rings. The summed E-state index contributed by atoms with van der Waals surface area (Å²) in [4.78, 5) is 41.1. The summed E-state index contributed by atoms with van der Waals surface area (Å²) in [5, 5.41) is 19.3. The molecule has 0 unspecified atom stereocenters. The number of rotatable bonds is 11. The van der Waals surface area contributed by atoms with Crippen LogP contribution in [0.5, 0.6) is 5.75 Å². The molecule has 0 aliphatic rings. The van der Waals surface area contributed by atoms with Crippen LogP contribution in [-0.4, -0.2) is 54.0 Å². The van der Waals surface area contributed by atoms with Gasteiger partial charge in [-0.05, 0) is 55.3 Å². The van der Waals surface area contributed by atoms with Crippen LogP contribution < -0.4 is 27.3 Å². The Bertz CT molecular complexity index is 1170. The van der Waals surface area contributed by atoms with E-state index in [1.54, 1.807) is 43.5 Å². The predicted octanol–water partition coefficient (Wildman–Crippen LogP) is 3.45. The predicted molar refractivity (Wildman–Crippen MR) is 163 cm³/mol. The summed E-state index contributed by atoms with van der Waals surface area (Å²) in [5.74, 6) is -0.970. The van der Waals surface area contributed by atoms with Crippen LogP contribution in [0.3, 0.4) is 0 Å². The maximum Gasteiger partial charge on any atom is 0.320 e. The van der Waals surface area contributed by atoms with E-state index in [1.807, 2.05) is 42.5 Å². The standard InChI is InChI=1S/C9H9NO2.C8H11NO.C8H8O2.C6H14N2O2/c1-7(12)10-9-4-2-8(6-11)3-5-9;1-10-8-5-3-2-4-7(8)6-9;9-8(10)6-7-4-2-1-3-5-7;7-4-2-1-3-5(8)6(9)10/h2-6H,1H3,(H,10,12);2-5H,6,9H2,1H3;1-5H,6H2,(H,9,10);5H,1-4,7-8H2,(H,9,10)/t;;;5-/m...1/s1. The number of methoxy groups -OCH3 is 1. The van der Waals surface area contributed by atoms with Gasteiger partial charge in [0.05, 0.1) is 13.5 Å². The molecule has 0 bridgehead atoms. The molecule has 0 saturated carbocycles. The molecule has 0 aliphatic carbocycles. The molecule has 228 valence electrons. The molecule has 1 amide bonds. The number of amides is 1. The number of carbonyl (C=O) groups excluding carboxylic acids is 2. The number of para-hydroxylation sites is 1. The first-order valence-corrected chi connectivity index (χ1v) is 13.2. The van der Waals surface area contributed by atoms with Crippen molar-refractivity contribution < 1.29 is 34.1 Å². The number of hydrogen-bond acceptors (Lipinski definition) is 8. The van der Waals surface area contributed by atoms with Crippen molar-refractivity contribution in [1.29, 1.82) is 0 Å². The number of aliphatic carboxylic acids is 2. The Morgan fingerprint density at radius 2 is 1.50 bits per heavy atom. The van der Waals surface area contributed by atoms with Gasteiger partial charge in [0.15, 0.2) is 0 Å². The highest BCUT2D eigenvalue weighted by molar-refractivity contribution is 5.89. The summed E-state index contributed by atoms with van der Waals surface area (Å²) in [6.45, 7) is 2.57. The van der Waals surface area contributed by atoms with Crippen LogP contribution in [-0.2, 0) is 27.3 Å². The van der Waals surface area contributed by atoms with Gasteiger partial charge >= 0.3 is 11.9 Å². The zero-order valence-corrected chi connectivity index (χ0v) is 24.1. The highest BCUT2D eigenvalue weighted by atomic mass is 16.5. The van der Waals surface area contributed by atoms with Crippen molar-refractivity contribution in [2.24, 2.45) is 17.2 Å². The fourth-order valence-electron chi connectivity index (χ4n) is 3.12. The van der Waals surface area contributed by atoms with E-state index in [4.69, 9.17) is 32.2 Å². The minimum Gasteiger partial charge on any atom is -0.496 e. The number of carboxylic acids is 2. The van der Waals surface area contributed by atoms with E-state index in [2.05, 4.69) is 5.32 Å². The Morgan fingerprint density at radius 3 is 1.95 bits per heavy atom. The lowest BCUT2D eigenvalue weighted by atomic mass is 10.1. The van der Waals surface area contributed by atoms with Gasteiger partial charge in [0.2, 0.25) is 5.91 Å². The molecule has 0 saturated heterocycles. The Balaban J connectivity index is 0.000000536. The fraction of sp³-hybridized carbons (Fsp3) is 0.290. The maximum atomic E-state index is 10.6. The first-order valence-electron chi connectivity index (χ1n) is 13.2. The zero-order chi connectivity index (χ0) is 31.8. The molecule has 0 aromatic heterocycles. The number of carboxylic acid groups (broad SMARTS) is 2. The third-order valence-electron chi connectivity index (χ3n) is 5.26. The average Bonchev–Trinajstić information content (AvgIpc) is 2.98. The van der Waals surface area contributed by atoms with E-state index < -0.39 is 18.0 Å². The van der Waals surface area contributed by atoms with Gasteiger partial charge in [0.1, 0.15) is 18.1 Å². The molecule has 3 rings (SSSR count). The number of unbranched alkanes of at least 4 members (excludes halogenated alkanes) is 1. The molecule has 0 heterocycles. The highest BCUT2D eigenvalue weighted by Gasteiger charge is 2.09. The van der Waals surface area contributed by atoms with E-state index >= 15 is 0 Å². The average molecular weight is 583 g/mol. The van der Waals surface area contributed by atoms with Gasteiger partial charge in [-0.2, -0.15) is 0 Å². The van der Waals surface area contributed by atoms with Crippen molar-refractivity contribution in [3.8, 4) is 5.75 Å². The van der Waals surface area contributed by atoms with Crippen LogP contribution in [0.25, 0.3) is 0 Å². The van der Waals surface area contributed by atoms with Crippen LogP contribution in [0.4, 0.5) is 5.69 Å². The van der Waals surface area contributed by atoms with Crippen LogP contribution in [0, 0.1) is 0 Å². The Morgan fingerprint density at radius 1 is 0.905 bits per heavy atom. The van der Waals surface area contributed by atoms with Gasteiger partial charge in [0, 0.05) is 30.3 Å². The first kappa shape index (κ1) is 37.4. The topological polar surface area (TPSA) is 208 Å². The minimum absolute atomic E-state index is 0.112. The zero-order valence-electron chi connectivity index (χ0n) is 24.1. The third-order valence-corrected chi connectivity index (χ3v) is 5.26. The molecule has 0 aliphatic heterocycles. The van der Waals surface area contributed by atoms with Crippen LogP contribution in [0.2, 0.25) is 0 Å². The lowest BCUT2D eigenvalue weighted by molar-refractivity contribution is -0.139. The van der Waals surface area contributed by atoms with E-state index in [0.29, 0.717) is 30.8 Å². The summed E-state index contributed by atoms with van der Waals surface area (Å²) >= 11 is 0. The van der Waals surface area contributed by atoms with E-state index in [-0.39, 0.29) is 12.3 Å². The monoisotopic (exact) mass is 582 g/mol. The molecule has 0 spiro atoms. The van der Waals surface area contributed by atoms with Crippen molar-refractivity contribution in [3.05, 3.63) is 95.6 Å². The van der Waals surface area contributed by atoms with Gasteiger partial charge in [0.25, 0.3) is 0 Å². The number of aldehydes is 1. The highest BCUT2D eigenvalue weighted by Crippen LogP contribution is 2.15. The van der Waals surface area contributed by atoms with Gasteiger partial charge in [-0.1, -0.05) is 55.0 Å². The first-order chi connectivity index (χ1) is 20.1. The number of carbonyl (C=O) groups is 4. The molecule has 9 N–H and O–H groups in total. The Labute approximate surface area is 246 Å². The molecule has 1 atom stereocenters. The summed E-state index contributed by atoms with van der Waals surface area (Å²) in [7, 11) is 1.65. The maximum absolute atomic E-state index is 10.6. The molecule has 3 aromatic rings. The summed E-state index contributed by atoms with van der Waals surface area (Å²) in [6, 6.07) is 22.8. The van der Waals surface area contributed by atoms with Gasteiger partial charge < -0.3 is 37.5 Å². The molecule has 42 heavy (non-hydrogen) atoms. The summed E-state index contributed by atoms with van der Waals surface area (Å²) < 4.78 is 5.06. The summed E-state index contributed by atoms with van der Waals surface area (Å²) in [6.07, 6.45) is 3.04. The quantitative estimate of drug-likeness (QED) is 0.143. The number of anilines is 1. The number of benzene rings is 3. The van der Waals surface area contributed by atoms with Crippen LogP contribution in [0.1, 0.15) is 47.7 Å². The minimum atomic E-state index is -0.933. The van der Waals surface area contributed by atoms with Crippen molar-refractivity contribution in [1.82, 2.24) is 0 Å². The van der Waals surface area contributed by atoms with Gasteiger partial charge in [-0.25, -0.2) is 0 Å². The molecule has 11 nitrogen and oxygen atoms in total. The fourth-order valence-corrected chi connectivity index (χ4v) is 3.12. The largest absolute Gasteiger partial charge is 0.496 e. The number of nitrogens with one attached hydrogen (secondary N) is 1. The molecule has 11 heteroatoms. The van der Waals surface area contributed by atoms with Crippen molar-refractivity contribution in [2.45, 2.75) is 45.2 Å². The number of nitrogens with two attached hydrogens (primary N) is 3. The van der Waals surface area contributed by atoms with E-state index in [0.717, 1.165) is 36.0 Å². The van der Waals surface area contributed by atoms with E-state index in [9.17, 15) is 19.2 Å². The van der Waals surface area contributed by atoms with Crippen LogP contribution in [0.15, 0.2) is 78.9 Å². The van der Waals surface area contributed by atoms with Gasteiger partial charge in [-0.3, -0.25) is 19.2 Å². The normalized spacial score (nSPS) is 10.1. The SMILES string of the molecule is CC(=O)Nc1ccc(C=O)cc1.COc1ccccc1CN.NCCCC[C@@H](N)C(=O)O.O=C(O)Cc1ccccc1. The lowest BCUT2D eigenvalue weighted by Crippen LogP contribution is -2.29. The van der Waals surface area contributed by atoms with E-state index in [1.165, 1.54) is 6.92 Å². The Hall–Kier alpha value is -4.58. The second-order valence-corrected chi connectivity index (χ2v) is 8.72. The van der Waals surface area contributed by atoms with Crippen molar-refractivity contribution >= 4 is 29.8 Å². The van der Waals surface area contributed by atoms with Gasteiger partial charge in [-0.15, -0.1) is 0 Å². The third kappa shape index (κ3) is 18.7. The number of ether oxygens (including phenoxy) is 1. The Kier molecular flexibility index (Phi) is 20.6. The summed E-state index contributed by atoms with van der Waals surface area (Å²) in [5.41, 5.74) is 19.1. The molecular formula is C31H42N4O7. The molecular weight excluding hydrogens is 540 g/mol. The second-order valence-electron chi connectivity index (χ2n) is 8.72. The number of hydrogen-bond donors (Lipinski definition) is 6. The second kappa shape index (κ2) is 23.2. The lowest BCUT2D eigenvalue weighted by Gasteiger charge is -2.03. The molecule has 0 radical (unpaired) electrons. The van der Waals surface area contributed by atoms with Crippen molar-refractivity contribution in [2.75, 3.05) is 19.0 Å².